The van der Waals surface area contributed by atoms with Crippen molar-refractivity contribution < 1.29 is 82.7 Å². The Kier molecular flexibility index (Phi) is 52.0. The van der Waals surface area contributed by atoms with Gasteiger partial charge in [0.2, 0.25) is 5.91 Å². The Bertz CT molecular complexity index is 1750. The van der Waals surface area contributed by atoms with Crippen LogP contribution in [0.1, 0.15) is 305 Å². The summed E-state index contributed by atoms with van der Waals surface area (Å²) in [7, 11) is -2.16. The highest BCUT2D eigenvalue weighted by Gasteiger charge is 2.53. The fourth-order valence-electron chi connectivity index (χ4n) is 12.0. The lowest BCUT2D eigenvalue weighted by Crippen LogP contribution is -2.67. The normalized spacial score (nSPS) is 23.3. The average Bonchev–Trinajstić information content (AvgIpc) is 0.885. The van der Waals surface area contributed by atoms with Crippen molar-refractivity contribution >= 4 is 19.7 Å². The minimum Gasteiger partial charge on any atom is -0.480 e. The second-order valence-corrected chi connectivity index (χ2v) is 26.5. The zero-order chi connectivity index (χ0) is 65.7. The number of carboxylic acids is 1. The maximum atomic E-state index is 14.2. The van der Waals surface area contributed by atoms with Crippen LogP contribution < -0.4 is 5.32 Å². The lowest BCUT2D eigenvalue weighted by Gasteiger charge is -2.47. The van der Waals surface area contributed by atoms with Gasteiger partial charge in [-0.3, -0.25) is 9.32 Å². The highest BCUT2D eigenvalue weighted by Crippen LogP contribution is 2.43. The molecule has 0 radical (unpaired) electrons. The summed E-state index contributed by atoms with van der Waals surface area (Å²) in [6, 6.07) is -1.22. The lowest BCUT2D eigenvalue weighted by atomic mass is 9.95. The van der Waals surface area contributed by atoms with Gasteiger partial charge in [-0.1, -0.05) is 252 Å². The van der Waals surface area contributed by atoms with Gasteiger partial charge in [0.25, 0.3) is 0 Å². The number of methoxy groups -OCH3 is 2. The Morgan fingerprint density at radius 3 is 1.51 bits per heavy atom. The summed E-state index contributed by atoms with van der Waals surface area (Å²) < 4.78 is 83.6. The van der Waals surface area contributed by atoms with Gasteiger partial charge in [-0.2, -0.15) is 0 Å². The summed E-state index contributed by atoms with van der Waals surface area (Å²) in [4.78, 5) is 47.0. The maximum absolute atomic E-state index is 14.2. The topological polar surface area (TPSA) is 236 Å². The van der Waals surface area contributed by atoms with Crippen molar-refractivity contribution in [3.05, 3.63) is 12.2 Å². The molecule has 1 amide bonds. The van der Waals surface area contributed by atoms with Gasteiger partial charge in [0.15, 0.2) is 12.6 Å². The summed E-state index contributed by atoms with van der Waals surface area (Å²) >= 11 is 0. The molecule has 0 aromatic carbocycles. The smallest absolute Gasteiger partial charge is 0.470 e. The van der Waals surface area contributed by atoms with Crippen molar-refractivity contribution in [2.45, 2.75) is 371 Å². The van der Waals surface area contributed by atoms with E-state index in [4.69, 9.17) is 48.5 Å². The Balaban J connectivity index is 2.41. The minimum atomic E-state index is -5.22. The molecule has 0 bridgehead atoms. The molecule has 12 atom stereocenters. The highest BCUT2D eigenvalue weighted by molar-refractivity contribution is 7.46. The Hall–Kier alpha value is -1.61. The molecule has 18 nitrogen and oxygen atoms in total. The molecule has 19 heteroatoms. The lowest BCUT2D eigenvalue weighted by molar-refractivity contribution is -0.330. The van der Waals surface area contributed by atoms with Crippen molar-refractivity contribution in [1.29, 1.82) is 0 Å². The number of aliphatic carboxylic acids is 1. The van der Waals surface area contributed by atoms with Crippen LogP contribution in [0.3, 0.4) is 0 Å². The number of ether oxygens (including phenoxy) is 9. The van der Waals surface area contributed by atoms with Gasteiger partial charge in [-0.15, -0.1) is 0 Å². The molecule has 2 unspecified atom stereocenters. The first kappa shape index (κ1) is 81.6. The zero-order valence-electron chi connectivity index (χ0n) is 58.1. The maximum Gasteiger partial charge on any atom is 0.470 e. The predicted octanol–water partition coefficient (Wildman–Crippen LogP) is 16.1. The molecule has 2 rings (SSSR count). The number of carboxylic acid groups (broad SMARTS) is 1. The van der Waals surface area contributed by atoms with Crippen LogP contribution in [0.4, 0.5) is 0 Å². The molecule has 526 valence electrons. The first-order chi connectivity index (χ1) is 43.7. The van der Waals surface area contributed by atoms with Crippen molar-refractivity contribution in [3.63, 3.8) is 0 Å². The van der Waals surface area contributed by atoms with E-state index in [2.05, 4.69) is 45.2 Å². The first-order valence-electron chi connectivity index (χ1n) is 36.8. The summed E-state index contributed by atoms with van der Waals surface area (Å²) in [5.74, 6) is -1.62. The van der Waals surface area contributed by atoms with Crippen LogP contribution in [0.2, 0.25) is 0 Å². The van der Waals surface area contributed by atoms with Gasteiger partial charge in [0, 0.05) is 40.4 Å². The summed E-state index contributed by atoms with van der Waals surface area (Å²) in [6.45, 7) is 6.71. The Labute approximate surface area is 542 Å². The van der Waals surface area contributed by atoms with Crippen LogP contribution in [0.5, 0.6) is 0 Å². The fraction of sp³-hybridized carbons (Fsp3) is 0.943. The van der Waals surface area contributed by atoms with Crippen LogP contribution in [-0.4, -0.2) is 153 Å². The molecule has 2 aliphatic rings. The van der Waals surface area contributed by atoms with E-state index in [1.54, 1.807) is 7.11 Å². The first-order valence-corrected chi connectivity index (χ1v) is 37.7. The molecule has 2 fully saturated rings. The van der Waals surface area contributed by atoms with Gasteiger partial charge in [0.1, 0.15) is 55.4 Å². The van der Waals surface area contributed by atoms with Crippen molar-refractivity contribution in [3.8, 4) is 0 Å². The van der Waals surface area contributed by atoms with E-state index in [9.17, 15) is 34.2 Å². The van der Waals surface area contributed by atoms with Crippen molar-refractivity contribution in [2.75, 3.05) is 53.8 Å². The number of nitrogens with one attached hydrogen (secondary N) is 1. The van der Waals surface area contributed by atoms with E-state index in [1.165, 1.54) is 116 Å². The number of carbonyl (C=O) groups excluding carboxylic acids is 1. The third-order valence-corrected chi connectivity index (χ3v) is 17.9. The molecule has 0 saturated carbocycles. The van der Waals surface area contributed by atoms with Gasteiger partial charge >= 0.3 is 13.8 Å². The number of hydrogen-bond acceptors (Lipinski definition) is 14. The summed E-state index contributed by atoms with van der Waals surface area (Å²) in [5.41, 5.74) is 0. The molecule has 2 saturated heterocycles. The van der Waals surface area contributed by atoms with Crippen molar-refractivity contribution in [1.82, 2.24) is 5.32 Å². The quantitative estimate of drug-likeness (QED) is 0.0216. The van der Waals surface area contributed by atoms with Crippen LogP contribution in [0, 0.1) is 0 Å². The minimum absolute atomic E-state index is 0.0655. The molecule has 89 heavy (non-hydrogen) atoms. The van der Waals surface area contributed by atoms with Crippen LogP contribution in [0.15, 0.2) is 12.2 Å². The zero-order valence-corrected chi connectivity index (χ0v) is 58.0. The molecule has 0 spiro atoms. The molecular weight excluding hydrogens is 1160 g/mol. The molecule has 0 aliphatic carbocycles. The highest BCUT2D eigenvalue weighted by atomic mass is 31.2. The van der Waals surface area contributed by atoms with Gasteiger partial charge in [-0.25, -0.2) is 9.36 Å². The van der Waals surface area contributed by atoms with Crippen molar-refractivity contribution in [2.24, 2.45) is 0 Å². The molecule has 0 aromatic heterocycles. The second kappa shape index (κ2) is 56.7. The number of aliphatic hydroxyl groups excluding tert-OH is 1. The third-order valence-electron chi connectivity index (χ3n) is 17.3. The largest absolute Gasteiger partial charge is 0.480 e. The number of rotatable bonds is 63. The van der Waals surface area contributed by atoms with Gasteiger partial charge in [-0.05, 0) is 57.8 Å². The van der Waals surface area contributed by atoms with Crippen LogP contribution >= 0.6 is 7.82 Å². The number of hydrogen-bond donors (Lipinski definition) is 5. The van der Waals surface area contributed by atoms with E-state index < -0.39 is 94.9 Å². The number of amides is 1. The van der Waals surface area contributed by atoms with Gasteiger partial charge < -0.3 is 67.9 Å². The monoisotopic (exact) mass is 1290 g/mol. The average molecular weight is 1290 g/mol. The number of phosphoric ester groups is 1. The Morgan fingerprint density at radius 2 is 0.989 bits per heavy atom. The molecular formula is C70H134NO17P. The van der Waals surface area contributed by atoms with Gasteiger partial charge in [0.05, 0.1) is 20.7 Å². The number of aliphatic hydroxyl groups is 1. The number of carbonyl (C=O) groups is 2. The molecule has 0 aromatic rings. The third kappa shape index (κ3) is 42.4. The predicted molar refractivity (Wildman–Crippen MR) is 354 cm³/mol. The van der Waals surface area contributed by atoms with E-state index in [-0.39, 0.29) is 38.3 Å². The Morgan fingerprint density at radius 1 is 0.517 bits per heavy atom. The van der Waals surface area contributed by atoms with E-state index in [0.717, 1.165) is 135 Å². The summed E-state index contributed by atoms with van der Waals surface area (Å²) in [5, 5.41) is 25.3. The molecule has 2 aliphatic heterocycles. The number of unbranched alkanes of at least 4 members (excludes halogenated alkanes) is 34. The van der Waals surface area contributed by atoms with Crippen LogP contribution in [-0.2, 0) is 61.3 Å². The molecule has 2 heterocycles. The molecule has 5 N–H and O–H groups in total. The van der Waals surface area contributed by atoms with E-state index >= 15 is 0 Å². The fourth-order valence-corrected chi connectivity index (χ4v) is 12.6. The van der Waals surface area contributed by atoms with Crippen LogP contribution in [0.25, 0.3) is 0 Å². The van der Waals surface area contributed by atoms with E-state index in [0.29, 0.717) is 25.7 Å². The second-order valence-electron chi connectivity index (χ2n) is 25.4. The number of allylic oxidation sites excluding steroid dienone is 2. The summed E-state index contributed by atoms with van der Waals surface area (Å²) in [6.07, 6.45) is 38.0. The number of phosphoric acid groups is 1. The standard InChI is InChI=1S/C70H134NO17P/c1-7-11-15-19-22-25-28-30-31-32-33-35-38-42-46-50-61(72)71-63-66(83-54-51-58(80-6)49-45-41-18-14-10-4)65(88-89(76,77)78)60(55-79-5)87-69(63)84-56-59-64(75)67(81-52-47-43-39-36-27-24-21-17-13-9-3)68(70(86-59)85-57-62(73)74)82-53-48-44-40-37-34-29-26-23-20-16-12-8-2/h25,28,58-60,63-70,75H,7-24,26-27,29-57H2,1-6H3,(H,71,72)(H,73,74)(H2,76,77,78)/b28-25+/t58-,59-,60-,63-,64-,65-,66-,67+,68-,69-,70?/m1/s1/i53D/t53?,58-,59-,60-,63-,64-,65-,66-,67+,68-,69-,70?. The van der Waals surface area contributed by atoms with E-state index in [1.807, 2.05) is 0 Å². The SMILES string of the molecule is [2H]C(CCCCCCCCCCCCC)O[C@H]1C(OCC(=O)O)O[C@H](CO[C@@H]2O[C@H](COC)[C@@H](OP(=O)(O)O)[C@H](OCC[C@@H](CCCCCCC)OC)[C@H]2NC(=O)CCCCCCCCC/C=C/CCCCCC)[C@@H](O)[C@@H]1OCCCCCCCCCCCC.